The minimum Gasteiger partial charge on any atom is -0.504 e. The molecule has 8 heteroatoms. The fourth-order valence-corrected chi connectivity index (χ4v) is 2.94. The number of nitrogens with zero attached hydrogens (tertiary/aromatic N) is 3. The Hall–Kier alpha value is -3.32. The van der Waals surface area contributed by atoms with Gasteiger partial charge in [-0.1, -0.05) is 41.9 Å². The summed E-state index contributed by atoms with van der Waals surface area (Å²) in [5.74, 6) is -0.450. The van der Waals surface area contributed by atoms with Crippen LogP contribution in [0.15, 0.2) is 48.5 Å². The molecule has 0 aliphatic carbocycles. The van der Waals surface area contributed by atoms with E-state index < -0.39 is 5.91 Å². The number of amides is 1. The van der Waals surface area contributed by atoms with Crippen molar-refractivity contribution in [3.63, 3.8) is 0 Å². The van der Waals surface area contributed by atoms with Gasteiger partial charge in [0, 0.05) is 17.6 Å². The number of halogens is 1. The van der Waals surface area contributed by atoms with Gasteiger partial charge in [-0.25, -0.2) is 4.98 Å². The van der Waals surface area contributed by atoms with Crippen LogP contribution in [0.4, 0.5) is 5.95 Å². The van der Waals surface area contributed by atoms with Crippen LogP contribution in [0, 0.1) is 0 Å². The SMILES string of the molecule is Cn1nc(-c2ccccc2)c(O)c1C(=O)Nc1nc2ccc(Cl)cc2[nH]1. The standard InChI is InChI=1S/C18H14ClN5O2/c1-24-15(16(25)14(23-24)10-5-3-2-4-6-10)17(26)22-18-20-12-8-7-11(19)9-13(12)21-18/h2-9,25H,1H3,(H2,20,21,22,26). The van der Waals surface area contributed by atoms with Gasteiger partial charge < -0.3 is 10.1 Å². The van der Waals surface area contributed by atoms with Crippen LogP contribution in [0.2, 0.25) is 5.02 Å². The van der Waals surface area contributed by atoms with Crippen molar-refractivity contribution in [2.24, 2.45) is 7.05 Å². The number of imidazole rings is 1. The molecule has 0 aliphatic heterocycles. The molecule has 4 aromatic rings. The summed E-state index contributed by atoms with van der Waals surface area (Å²) in [6, 6.07) is 14.3. The highest BCUT2D eigenvalue weighted by molar-refractivity contribution is 6.31. The van der Waals surface area contributed by atoms with E-state index in [0.29, 0.717) is 21.7 Å². The number of aryl methyl sites for hydroxylation is 1. The number of rotatable bonds is 3. The van der Waals surface area contributed by atoms with Gasteiger partial charge in [0.15, 0.2) is 11.4 Å². The first kappa shape index (κ1) is 16.2. The summed E-state index contributed by atoms with van der Waals surface area (Å²) >= 11 is 5.95. The summed E-state index contributed by atoms with van der Waals surface area (Å²) in [5, 5.41) is 18.0. The molecule has 1 amide bonds. The van der Waals surface area contributed by atoms with Crippen LogP contribution < -0.4 is 5.32 Å². The van der Waals surface area contributed by atoms with Crippen molar-refractivity contribution in [2.45, 2.75) is 0 Å². The normalized spacial score (nSPS) is 11.0. The van der Waals surface area contributed by atoms with E-state index >= 15 is 0 Å². The summed E-state index contributed by atoms with van der Waals surface area (Å²) in [6.07, 6.45) is 0. The molecule has 0 saturated carbocycles. The van der Waals surface area contributed by atoms with Crippen LogP contribution in [0.1, 0.15) is 10.5 Å². The summed E-state index contributed by atoms with van der Waals surface area (Å²) in [7, 11) is 1.60. The maximum atomic E-state index is 12.6. The van der Waals surface area contributed by atoms with Gasteiger partial charge in [-0.3, -0.25) is 14.8 Å². The lowest BCUT2D eigenvalue weighted by atomic mass is 10.1. The molecule has 26 heavy (non-hydrogen) atoms. The molecule has 2 aromatic carbocycles. The highest BCUT2D eigenvalue weighted by atomic mass is 35.5. The van der Waals surface area contributed by atoms with Gasteiger partial charge in [0.05, 0.1) is 11.0 Å². The van der Waals surface area contributed by atoms with E-state index in [0.717, 1.165) is 5.56 Å². The highest BCUT2D eigenvalue weighted by Crippen LogP contribution is 2.31. The summed E-state index contributed by atoms with van der Waals surface area (Å²) < 4.78 is 1.34. The first-order valence-corrected chi connectivity index (χ1v) is 8.19. The van der Waals surface area contributed by atoms with E-state index in [4.69, 9.17) is 11.6 Å². The van der Waals surface area contributed by atoms with Crippen molar-refractivity contribution >= 4 is 34.5 Å². The minimum atomic E-state index is -0.523. The first-order valence-electron chi connectivity index (χ1n) is 7.81. The average Bonchev–Trinajstić information content (AvgIpc) is 3.14. The summed E-state index contributed by atoms with van der Waals surface area (Å²) in [6.45, 7) is 0. The Morgan fingerprint density at radius 1 is 1.23 bits per heavy atom. The summed E-state index contributed by atoms with van der Waals surface area (Å²) in [4.78, 5) is 19.9. The molecule has 0 unspecified atom stereocenters. The van der Waals surface area contributed by atoms with E-state index in [1.54, 1.807) is 25.2 Å². The lowest BCUT2D eigenvalue weighted by molar-refractivity contribution is 0.101. The topological polar surface area (TPSA) is 95.8 Å². The van der Waals surface area contributed by atoms with Gasteiger partial charge in [-0.2, -0.15) is 5.10 Å². The molecule has 0 atom stereocenters. The van der Waals surface area contributed by atoms with Gasteiger partial charge in [-0.05, 0) is 18.2 Å². The maximum Gasteiger partial charge on any atom is 0.280 e. The molecule has 0 fully saturated rings. The van der Waals surface area contributed by atoms with Crippen LogP contribution >= 0.6 is 11.6 Å². The zero-order chi connectivity index (χ0) is 18.3. The molecule has 7 nitrogen and oxygen atoms in total. The van der Waals surface area contributed by atoms with Crippen LogP contribution in [0.3, 0.4) is 0 Å². The van der Waals surface area contributed by atoms with Gasteiger partial charge >= 0.3 is 0 Å². The number of carbonyl (C=O) groups excluding carboxylic acids is 1. The zero-order valence-corrected chi connectivity index (χ0v) is 14.4. The minimum absolute atomic E-state index is 0.0438. The Bertz CT molecular complexity index is 1120. The molecule has 4 rings (SSSR count). The molecule has 3 N–H and O–H groups in total. The lowest BCUT2D eigenvalue weighted by Gasteiger charge is -2.02. The first-order chi connectivity index (χ1) is 12.5. The van der Waals surface area contributed by atoms with Crippen LogP contribution in [-0.4, -0.2) is 30.8 Å². The number of hydrogen-bond acceptors (Lipinski definition) is 4. The van der Waals surface area contributed by atoms with Crippen molar-refractivity contribution in [3.05, 3.63) is 59.2 Å². The van der Waals surface area contributed by atoms with Gasteiger partial charge in [-0.15, -0.1) is 0 Å². The fraction of sp³-hybridized carbons (Fsp3) is 0.0556. The number of fused-ring (bicyclic) bond motifs is 1. The van der Waals surface area contributed by atoms with Crippen molar-refractivity contribution in [1.29, 1.82) is 0 Å². The van der Waals surface area contributed by atoms with Crippen LogP contribution in [-0.2, 0) is 7.05 Å². The van der Waals surface area contributed by atoms with Crippen LogP contribution in [0.25, 0.3) is 22.3 Å². The second-order valence-electron chi connectivity index (χ2n) is 5.74. The second kappa shape index (κ2) is 6.20. The Balaban J connectivity index is 1.66. The van der Waals surface area contributed by atoms with E-state index in [2.05, 4.69) is 20.4 Å². The third-order valence-electron chi connectivity index (χ3n) is 3.96. The van der Waals surface area contributed by atoms with E-state index in [1.807, 2.05) is 30.3 Å². The van der Waals surface area contributed by atoms with Crippen molar-refractivity contribution in [3.8, 4) is 17.0 Å². The quantitative estimate of drug-likeness (QED) is 0.515. The number of anilines is 1. The fourth-order valence-electron chi connectivity index (χ4n) is 2.77. The molecule has 2 aromatic heterocycles. The number of H-pyrrole nitrogens is 1. The largest absolute Gasteiger partial charge is 0.504 e. The van der Waals surface area contributed by atoms with Gasteiger partial charge in [0.1, 0.15) is 5.69 Å². The number of carbonyl (C=O) groups is 1. The van der Waals surface area contributed by atoms with Crippen LogP contribution in [0.5, 0.6) is 5.75 Å². The molecule has 0 saturated heterocycles. The molecule has 0 radical (unpaired) electrons. The van der Waals surface area contributed by atoms with E-state index in [-0.39, 0.29) is 17.4 Å². The molecular weight excluding hydrogens is 354 g/mol. The number of benzene rings is 2. The number of aromatic hydroxyl groups is 1. The Morgan fingerprint density at radius 2 is 2.00 bits per heavy atom. The highest BCUT2D eigenvalue weighted by Gasteiger charge is 2.23. The van der Waals surface area contributed by atoms with Crippen molar-refractivity contribution in [2.75, 3.05) is 5.32 Å². The van der Waals surface area contributed by atoms with E-state index in [9.17, 15) is 9.90 Å². The molecule has 0 bridgehead atoms. The third-order valence-corrected chi connectivity index (χ3v) is 4.20. The second-order valence-corrected chi connectivity index (χ2v) is 6.17. The molecule has 0 spiro atoms. The average molecular weight is 368 g/mol. The molecule has 130 valence electrons. The predicted octanol–water partition coefficient (Wildman–Crippen LogP) is 3.57. The lowest BCUT2D eigenvalue weighted by Crippen LogP contribution is -2.17. The molecule has 0 aliphatic rings. The monoisotopic (exact) mass is 367 g/mol. The Morgan fingerprint density at radius 3 is 2.77 bits per heavy atom. The van der Waals surface area contributed by atoms with Crippen molar-refractivity contribution < 1.29 is 9.90 Å². The Kier molecular flexibility index (Phi) is 3.85. The number of aromatic amines is 1. The number of aromatic nitrogens is 4. The van der Waals surface area contributed by atoms with Gasteiger partial charge in [0.2, 0.25) is 5.95 Å². The Labute approximate surface area is 153 Å². The third kappa shape index (κ3) is 2.78. The summed E-state index contributed by atoms with van der Waals surface area (Å²) in [5.41, 5.74) is 2.48. The predicted molar refractivity (Wildman–Crippen MR) is 99.4 cm³/mol. The van der Waals surface area contributed by atoms with Crippen molar-refractivity contribution in [1.82, 2.24) is 19.7 Å². The molecule has 2 heterocycles. The van der Waals surface area contributed by atoms with Gasteiger partial charge in [0.25, 0.3) is 5.91 Å². The number of nitrogens with one attached hydrogen (secondary N) is 2. The smallest absolute Gasteiger partial charge is 0.280 e. The molecular formula is C18H14ClN5O2. The van der Waals surface area contributed by atoms with E-state index in [1.165, 1.54) is 4.68 Å². The maximum absolute atomic E-state index is 12.6. The zero-order valence-electron chi connectivity index (χ0n) is 13.7. The number of hydrogen-bond donors (Lipinski definition) is 3.